The maximum absolute atomic E-state index is 12.5. The van der Waals surface area contributed by atoms with Crippen LogP contribution >= 0.6 is 0 Å². The summed E-state index contributed by atoms with van der Waals surface area (Å²) in [6.07, 6.45) is 1.30. The van der Waals surface area contributed by atoms with Crippen LogP contribution in [0.5, 0.6) is 5.75 Å². The molecule has 1 amide bonds. The zero-order chi connectivity index (χ0) is 21.8. The topological polar surface area (TPSA) is 104 Å². The monoisotopic (exact) mass is 413 g/mol. The summed E-state index contributed by atoms with van der Waals surface area (Å²) in [4.78, 5) is 31.8. The lowest BCUT2D eigenvalue weighted by molar-refractivity contribution is 0.102. The first kappa shape index (κ1) is 19.9. The van der Waals surface area contributed by atoms with Crippen LogP contribution in [0, 0.1) is 0 Å². The summed E-state index contributed by atoms with van der Waals surface area (Å²) >= 11 is 0. The fraction of sp³-hybridized carbons (Fsp3) is 0.0417. The number of aliphatic hydroxyl groups excluding tert-OH is 1. The van der Waals surface area contributed by atoms with Crippen LogP contribution in [0.2, 0.25) is 0 Å². The Morgan fingerprint density at radius 2 is 1.81 bits per heavy atom. The van der Waals surface area contributed by atoms with Crippen molar-refractivity contribution in [2.45, 2.75) is 0 Å². The number of hydrogen-bond donors (Lipinski definition) is 3. The molecule has 0 atom stereocenters. The summed E-state index contributed by atoms with van der Waals surface area (Å²) in [5, 5.41) is 13.3. The lowest BCUT2D eigenvalue weighted by Gasteiger charge is -2.08. The summed E-state index contributed by atoms with van der Waals surface area (Å²) in [5.74, 6) is 0.218. The number of anilines is 1. The van der Waals surface area contributed by atoms with Gasteiger partial charge in [0.05, 0.1) is 18.1 Å². The van der Waals surface area contributed by atoms with Gasteiger partial charge in [-0.3, -0.25) is 9.59 Å². The van der Waals surface area contributed by atoms with E-state index >= 15 is 0 Å². The number of aliphatic hydroxyl groups is 1. The minimum absolute atomic E-state index is 0.0869. The van der Waals surface area contributed by atoms with Crippen LogP contribution in [-0.2, 0) is 0 Å². The Kier molecular flexibility index (Phi) is 5.49. The van der Waals surface area contributed by atoms with Gasteiger partial charge in [-0.1, -0.05) is 24.3 Å². The van der Waals surface area contributed by atoms with Crippen molar-refractivity contribution in [2.75, 3.05) is 12.4 Å². The van der Waals surface area contributed by atoms with Crippen molar-refractivity contribution in [1.29, 1.82) is 0 Å². The molecule has 0 unspecified atom stereocenters. The number of nitrogens with one attached hydrogen (secondary N) is 2. The van der Waals surface area contributed by atoms with Crippen molar-refractivity contribution in [2.24, 2.45) is 0 Å². The zero-order valence-corrected chi connectivity index (χ0v) is 16.6. The number of amides is 1. The van der Waals surface area contributed by atoms with E-state index in [1.165, 1.54) is 6.08 Å². The molecule has 0 saturated carbocycles. The third kappa shape index (κ3) is 4.45. The predicted octanol–water partition coefficient (Wildman–Crippen LogP) is 4.24. The second-order valence-electron chi connectivity index (χ2n) is 6.76. The molecule has 0 radical (unpaired) electrons. The van der Waals surface area contributed by atoms with Crippen LogP contribution in [-0.4, -0.2) is 28.1 Å². The van der Waals surface area contributed by atoms with Gasteiger partial charge < -0.3 is 20.1 Å². The molecule has 4 rings (SSSR count). The predicted molar refractivity (Wildman–Crippen MR) is 120 cm³/mol. The number of para-hydroxylation sites is 2. The molecule has 0 spiro atoms. The number of nitrogens with zero attached hydrogens (tertiary/aromatic N) is 1. The smallest absolute Gasteiger partial charge is 0.274 e. The number of carbonyl (C=O) groups excluding carboxylic acids is 1. The molecular formula is C24H19N3O4. The Morgan fingerprint density at radius 3 is 2.58 bits per heavy atom. The molecule has 1 aromatic heterocycles. The first-order chi connectivity index (χ1) is 15.0. The summed E-state index contributed by atoms with van der Waals surface area (Å²) in [6, 6.07) is 20.6. The number of carbonyl (C=O) groups is 1. The molecule has 1 heterocycles. The molecule has 7 heteroatoms. The third-order valence-corrected chi connectivity index (χ3v) is 4.67. The highest BCUT2D eigenvalue weighted by atomic mass is 16.5. The van der Waals surface area contributed by atoms with E-state index in [2.05, 4.69) is 15.3 Å². The van der Waals surface area contributed by atoms with Gasteiger partial charge in [-0.2, -0.15) is 0 Å². The molecule has 4 aromatic rings. The zero-order valence-electron chi connectivity index (χ0n) is 16.6. The third-order valence-electron chi connectivity index (χ3n) is 4.67. The molecule has 0 bridgehead atoms. The summed E-state index contributed by atoms with van der Waals surface area (Å²) < 4.78 is 5.09. The van der Waals surface area contributed by atoms with Crippen LogP contribution in [0.25, 0.3) is 22.9 Å². The van der Waals surface area contributed by atoms with Crippen LogP contribution in [0.1, 0.15) is 21.6 Å². The quantitative estimate of drug-likeness (QED) is 0.425. The Bertz CT molecular complexity index is 1340. The van der Waals surface area contributed by atoms with Crippen molar-refractivity contribution in [3.05, 3.63) is 100.0 Å². The molecular weight excluding hydrogens is 394 g/mol. The van der Waals surface area contributed by atoms with Gasteiger partial charge in [0.1, 0.15) is 17.2 Å². The molecule has 7 nitrogen and oxygen atoms in total. The maximum Gasteiger partial charge on any atom is 0.274 e. The number of rotatable bonds is 5. The van der Waals surface area contributed by atoms with Crippen molar-refractivity contribution < 1.29 is 14.6 Å². The average molecular weight is 413 g/mol. The number of benzene rings is 3. The molecule has 154 valence electrons. The number of aromatic amines is 1. The first-order valence-electron chi connectivity index (χ1n) is 9.49. The van der Waals surface area contributed by atoms with Gasteiger partial charge in [0.2, 0.25) is 0 Å². The van der Waals surface area contributed by atoms with E-state index in [0.717, 1.165) is 0 Å². The highest BCUT2D eigenvalue weighted by molar-refractivity contribution is 6.04. The maximum atomic E-state index is 12.5. The van der Waals surface area contributed by atoms with E-state index in [4.69, 9.17) is 4.74 Å². The number of methoxy groups -OCH3 is 1. The molecule has 3 aromatic carbocycles. The number of hydrogen-bond acceptors (Lipinski definition) is 5. The fourth-order valence-electron chi connectivity index (χ4n) is 3.06. The highest BCUT2D eigenvalue weighted by Crippen LogP contribution is 2.20. The fourth-order valence-corrected chi connectivity index (χ4v) is 3.06. The Hall–Kier alpha value is -4.39. The lowest BCUT2D eigenvalue weighted by Crippen LogP contribution is -2.12. The molecule has 0 saturated heterocycles. The summed E-state index contributed by atoms with van der Waals surface area (Å²) in [5.41, 5.74) is 2.31. The molecule has 3 N–H and O–H groups in total. The Balaban J connectivity index is 1.58. The van der Waals surface area contributed by atoms with Crippen molar-refractivity contribution in [3.63, 3.8) is 0 Å². The van der Waals surface area contributed by atoms with Gasteiger partial charge in [-0.25, -0.2) is 4.98 Å². The summed E-state index contributed by atoms with van der Waals surface area (Å²) in [7, 11) is 1.56. The molecule has 0 aliphatic carbocycles. The summed E-state index contributed by atoms with van der Waals surface area (Å²) in [6.45, 7) is 0. The van der Waals surface area contributed by atoms with Gasteiger partial charge in [0.15, 0.2) is 0 Å². The number of fused-ring (bicyclic) bond motifs is 1. The van der Waals surface area contributed by atoms with Gasteiger partial charge in [0.25, 0.3) is 11.5 Å². The highest BCUT2D eigenvalue weighted by Gasteiger charge is 2.09. The lowest BCUT2D eigenvalue weighted by atomic mass is 10.1. The number of aromatic nitrogens is 2. The van der Waals surface area contributed by atoms with Crippen LogP contribution in [0.15, 0.2) is 77.6 Å². The second kappa shape index (κ2) is 8.54. The normalized spacial score (nSPS) is 11.3. The molecule has 0 aliphatic heterocycles. The first-order valence-corrected chi connectivity index (χ1v) is 9.49. The average Bonchev–Trinajstić information content (AvgIpc) is 2.79. The minimum atomic E-state index is -0.408. The van der Waals surface area contributed by atoms with Crippen molar-refractivity contribution >= 4 is 34.5 Å². The Labute approximate surface area is 177 Å². The van der Waals surface area contributed by atoms with Gasteiger partial charge >= 0.3 is 0 Å². The number of ether oxygens (including phenoxy) is 1. The SMILES string of the molecule is COc1ccc(C(=O)Nc2cccc(/C(O)=C/c3nc4ccccc4[nH]c3=O)c2)cc1. The minimum Gasteiger partial charge on any atom is -0.507 e. The standard InChI is InChI=1S/C24H19N3O4/c1-31-18-11-9-15(10-12-18)23(29)25-17-6-4-5-16(13-17)22(28)14-21-24(30)27-20-8-3-2-7-19(20)26-21/h2-14,28H,1H3,(H,25,29)(H,27,30)/b22-14-. The molecule has 0 aliphatic rings. The van der Waals surface area contributed by atoms with Crippen molar-refractivity contribution in [3.8, 4) is 5.75 Å². The second-order valence-corrected chi connectivity index (χ2v) is 6.76. The van der Waals surface area contributed by atoms with E-state index < -0.39 is 5.56 Å². The van der Waals surface area contributed by atoms with Gasteiger partial charge in [-0.05, 0) is 48.5 Å². The Morgan fingerprint density at radius 1 is 1.03 bits per heavy atom. The largest absolute Gasteiger partial charge is 0.507 e. The van der Waals surface area contributed by atoms with Crippen LogP contribution in [0.4, 0.5) is 5.69 Å². The molecule has 31 heavy (non-hydrogen) atoms. The van der Waals surface area contributed by atoms with Crippen molar-refractivity contribution in [1.82, 2.24) is 9.97 Å². The van der Waals surface area contributed by atoms with Gasteiger partial charge in [0, 0.05) is 22.9 Å². The van der Waals surface area contributed by atoms with E-state index in [9.17, 15) is 14.7 Å². The van der Waals surface area contributed by atoms with E-state index in [-0.39, 0.29) is 17.4 Å². The van der Waals surface area contributed by atoms with E-state index in [0.29, 0.717) is 33.6 Å². The van der Waals surface area contributed by atoms with Crippen LogP contribution < -0.4 is 15.6 Å². The van der Waals surface area contributed by atoms with Crippen LogP contribution in [0.3, 0.4) is 0 Å². The number of H-pyrrole nitrogens is 1. The van der Waals surface area contributed by atoms with Gasteiger partial charge in [-0.15, -0.1) is 0 Å². The molecule has 0 fully saturated rings. The van der Waals surface area contributed by atoms with E-state index in [1.807, 2.05) is 6.07 Å². The van der Waals surface area contributed by atoms with E-state index in [1.54, 1.807) is 73.8 Å².